The average molecular weight is 232 g/mol. The first-order valence-corrected chi connectivity index (χ1v) is 5.89. The Morgan fingerprint density at radius 2 is 1.94 bits per heavy atom. The van der Waals surface area contributed by atoms with Crippen LogP contribution in [0.25, 0.3) is 0 Å². The van der Waals surface area contributed by atoms with Crippen LogP contribution in [0.2, 0.25) is 0 Å². The van der Waals surface area contributed by atoms with Gasteiger partial charge in [0.25, 0.3) is 0 Å². The molecule has 0 heterocycles. The predicted octanol–water partition coefficient (Wildman–Crippen LogP) is 2.77. The topological polar surface area (TPSA) is 56.0 Å². The van der Waals surface area contributed by atoms with E-state index in [1.165, 1.54) is 0 Å². The minimum absolute atomic E-state index is 0.466. The van der Waals surface area contributed by atoms with Crippen LogP contribution in [0.1, 0.15) is 32.8 Å². The van der Waals surface area contributed by atoms with Crippen LogP contribution < -0.4 is 5.32 Å². The summed E-state index contributed by atoms with van der Waals surface area (Å²) in [5, 5.41) is 22.0. The second-order valence-corrected chi connectivity index (χ2v) is 5.14. The summed E-state index contributed by atoms with van der Waals surface area (Å²) in [7, 11) is 0. The van der Waals surface area contributed by atoms with Gasteiger partial charge in [-0.15, -0.1) is 0 Å². The van der Waals surface area contributed by atoms with E-state index < -0.39 is 5.60 Å². The monoisotopic (exact) mass is 232 g/mol. The second-order valence-electron chi connectivity index (χ2n) is 5.14. The van der Waals surface area contributed by atoms with Gasteiger partial charge in [-0.1, -0.05) is 13.8 Å². The highest BCUT2D eigenvalue weighted by Gasteiger charge is 2.21. The van der Waals surface area contributed by atoms with Gasteiger partial charge < -0.3 is 10.4 Å². The molecule has 2 N–H and O–H groups in total. The SMILES string of the molecule is CC(C)CC(C)(O)CNc1ccc(C#N)cc1. The number of nitrogens with one attached hydrogen (secondary N) is 1. The summed E-state index contributed by atoms with van der Waals surface area (Å²) in [6.07, 6.45) is 0.760. The van der Waals surface area contributed by atoms with Crippen LogP contribution >= 0.6 is 0 Å². The summed E-state index contributed by atoms with van der Waals surface area (Å²) in [4.78, 5) is 0. The molecule has 1 unspecified atom stereocenters. The van der Waals surface area contributed by atoms with E-state index in [0.29, 0.717) is 18.0 Å². The van der Waals surface area contributed by atoms with E-state index in [4.69, 9.17) is 5.26 Å². The summed E-state index contributed by atoms with van der Waals surface area (Å²) in [5.74, 6) is 0.466. The van der Waals surface area contributed by atoms with Crippen molar-refractivity contribution in [1.82, 2.24) is 0 Å². The molecule has 1 aromatic rings. The Bertz CT molecular complexity index is 388. The van der Waals surface area contributed by atoms with Crippen LogP contribution in [0.4, 0.5) is 5.69 Å². The number of benzene rings is 1. The van der Waals surface area contributed by atoms with Crippen molar-refractivity contribution in [1.29, 1.82) is 5.26 Å². The molecule has 1 aromatic carbocycles. The highest BCUT2D eigenvalue weighted by atomic mass is 16.3. The normalized spacial score (nSPS) is 14.1. The molecule has 0 radical (unpaired) electrons. The van der Waals surface area contributed by atoms with Crippen molar-refractivity contribution in [3.05, 3.63) is 29.8 Å². The molecule has 0 saturated heterocycles. The fraction of sp³-hybridized carbons (Fsp3) is 0.500. The van der Waals surface area contributed by atoms with Gasteiger partial charge in [-0.05, 0) is 43.5 Å². The van der Waals surface area contributed by atoms with Crippen molar-refractivity contribution >= 4 is 5.69 Å². The van der Waals surface area contributed by atoms with Gasteiger partial charge in [0.1, 0.15) is 0 Å². The van der Waals surface area contributed by atoms with E-state index >= 15 is 0 Å². The minimum Gasteiger partial charge on any atom is -0.388 e. The lowest BCUT2D eigenvalue weighted by Gasteiger charge is -2.26. The van der Waals surface area contributed by atoms with Crippen molar-refractivity contribution in [3.63, 3.8) is 0 Å². The highest BCUT2D eigenvalue weighted by Crippen LogP contribution is 2.17. The standard InChI is InChI=1S/C14H20N2O/c1-11(2)8-14(3,17)10-16-13-6-4-12(9-15)5-7-13/h4-7,11,16-17H,8,10H2,1-3H3. The van der Waals surface area contributed by atoms with Crippen LogP contribution in [-0.2, 0) is 0 Å². The van der Waals surface area contributed by atoms with Crippen LogP contribution in [-0.4, -0.2) is 17.3 Å². The maximum absolute atomic E-state index is 10.1. The van der Waals surface area contributed by atoms with Crippen molar-refractivity contribution < 1.29 is 5.11 Å². The minimum atomic E-state index is -0.706. The zero-order chi connectivity index (χ0) is 12.9. The molecule has 17 heavy (non-hydrogen) atoms. The molecule has 0 aliphatic heterocycles. The van der Waals surface area contributed by atoms with E-state index in [0.717, 1.165) is 12.1 Å². The Labute approximate surface area is 103 Å². The summed E-state index contributed by atoms with van der Waals surface area (Å²) in [6.45, 7) is 6.53. The summed E-state index contributed by atoms with van der Waals surface area (Å²) >= 11 is 0. The van der Waals surface area contributed by atoms with E-state index in [2.05, 4.69) is 25.2 Å². The molecule has 0 saturated carbocycles. The van der Waals surface area contributed by atoms with Crippen molar-refractivity contribution in [3.8, 4) is 6.07 Å². The molecular formula is C14H20N2O. The largest absolute Gasteiger partial charge is 0.388 e. The third-order valence-corrected chi connectivity index (χ3v) is 2.54. The molecule has 3 nitrogen and oxygen atoms in total. The van der Waals surface area contributed by atoms with Crippen LogP contribution in [0, 0.1) is 17.2 Å². The molecule has 0 fully saturated rings. The van der Waals surface area contributed by atoms with E-state index in [-0.39, 0.29) is 0 Å². The Morgan fingerprint density at radius 3 is 2.41 bits per heavy atom. The number of rotatable bonds is 5. The molecular weight excluding hydrogens is 212 g/mol. The van der Waals surface area contributed by atoms with E-state index in [9.17, 15) is 5.11 Å². The average Bonchev–Trinajstić information content (AvgIpc) is 2.25. The number of aliphatic hydroxyl groups is 1. The molecule has 0 aliphatic rings. The lowest BCUT2D eigenvalue weighted by molar-refractivity contribution is 0.0515. The van der Waals surface area contributed by atoms with Crippen molar-refractivity contribution in [2.75, 3.05) is 11.9 Å². The zero-order valence-corrected chi connectivity index (χ0v) is 10.7. The van der Waals surface area contributed by atoms with Crippen molar-refractivity contribution in [2.45, 2.75) is 32.8 Å². The fourth-order valence-electron chi connectivity index (χ4n) is 1.91. The Hall–Kier alpha value is -1.53. The highest BCUT2D eigenvalue weighted by molar-refractivity contribution is 5.47. The number of hydrogen-bond acceptors (Lipinski definition) is 3. The smallest absolute Gasteiger partial charge is 0.0991 e. The molecule has 1 atom stereocenters. The maximum Gasteiger partial charge on any atom is 0.0991 e. The van der Waals surface area contributed by atoms with Gasteiger partial charge in [-0.25, -0.2) is 0 Å². The van der Waals surface area contributed by atoms with Crippen LogP contribution in [0.3, 0.4) is 0 Å². The molecule has 0 amide bonds. The van der Waals surface area contributed by atoms with Gasteiger partial charge in [0.15, 0.2) is 0 Å². The molecule has 0 aromatic heterocycles. The summed E-state index contributed by atoms with van der Waals surface area (Å²) in [6, 6.07) is 9.30. The third-order valence-electron chi connectivity index (χ3n) is 2.54. The van der Waals surface area contributed by atoms with Gasteiger partial charge in [-0.3, -0.25) is 0 Å². The van der Waals surface area contributed by atoms with Gasteiger partial charge in [-0.2, -0.15) is 5.26 Å². The van der Waals surface area contributed by atoms with E-state index in [1.54, 1.807) is 12.1 Å². The molecule has 0 bridgehead atoms. The lowest BCUT2D eigenvalue weighted by atomic mass is 9.94. The van der Waals surface area contributed by atoms with Crippen molar-refractivity contribution in [2.24, 2.45) is 5.92 Å². The van der Waals surface area contributed by atoms with Gasteiger partial charge >= 0.3 is 0 Å². The number of nitriles is 1. The summed E-state index contributed by atoms with van der Waals surface area (Å²) in [5.41, 5.74) is 0.861. The lowest BCUT2D eigenvalue weighted by Crippen LogP contribution is -2.34. The maximum atomic E-state index is 10.1. The second kappa shape index (κ2) is 5.70. The Balaban J connectivity index is 2.52. The van der Waals surface area contributed by atoms with Gasteiger partial charge in [0.2, 0.25) is 0 Å². The Morgan fingerprint density at radius 1 is 1.35 bits per heavy atom. The predicted molar refractivity (Wildman–Crippen MR) is 69.7 cm³/mol. The van der Waals surface area contributed by atoms with Crippen LogP contribution in [0.5, 0.6) is 0 Å². The first-order valence-electron chi connectivity index (χ1n) is 5.89. The van der Waals surface area contributed by atoms with Gasteiger partial charge in [0, 0.05) is 12.2 Å². The first-order chi connectivity index (χ1) is 7.93. The third kappa shape index (κ3) is 4.88. The summed E-state index contributed by atoms with van der Waals surface area (Å²) < 4.78 is 0. The zero-order valence-electron chi connectivity index (χ0n) is 10.7. The molecule has 0 spiro atoms. The first kappa shape index (κ1) is 13.5. The molecule has 0 aliphatic carbocycles. The van der Waals surface area contributed by atoms with Crippen LogP contribution in [0.15, 0.2) is 24.3 Å². The number of anilines is 1. The quantitative estimate of drug-likeness (QED) is 0.820. The Kier molecular flexibility index (Phi) is 4.53. The van der Waals surface area contributed by atoms with E-state index in [1.807, 2.05) is 19.1 Å². The van der Waals surface area contributed by atoms with Gasteiger partial charge in [0.05, 0.1) is 17.2 Å². The number of nitrogens with zero attached hydrogens (tertiary/aromatic N) is 1. The number of hydrogen-bond donors (Lipinski definition) is 2. The molecule has 92 valence electrons. The molecule has 1 rings (SSSR count). The fourth-order valence-corrected chi connectivity index (χ4v) is 1.91. The molecule has 3 heteroatoms.